The van der Waals surface area contributed by atoms with E-state index in [0.29, 0.717) is 33.3 Å². The molecule has 1 N–H and O–H groups in total. The smallest absolute Gasteiger partial charge is 0.250 e. The van der Waals surface area contributed by atoms with Crippen LogP contribution in [0.15, 0.2) is 57.2 Å². The number of rotatable bonds is 10. The minimum absolute atomic E-state index is 0.141. The number of benzene rings is 2. The van der Waals surface area contributed by atoms with Crippen molar-refractivity contribution in [2.45, 2.75) is 32.5 Å². The van der Waals surface area contributed by atoms with E-state index in [1.165, 1.54) is 30.1 Å². The van der Waals surface area contributed by atoms with Gasteiger partial charge in [0.1, 0.15) is 12.4 Å². The molecule has 0 unspecified atom stereocenters. The topological polar surface area (TPSA) is 85.7 Å². The first-order valence-electron chi connectivity index (χ1n) is 10.4. The molecule has 0 saturated heterocycles. The third-order valence-electron chi connectivity index (χ3n) is 4.36. The molecule has 0 fully saturated rings. The van der Waals surface area contributed by atoms with Crippen LogP contribution in [0, 0.1) is 19.7 Å². The number of carbonyl (C=O) groups is 1. The lowest BCUT2D eigenvalue weighted by atomic mass is 10.2. The van der Waals surface area contributed by atoms with Crippen LogP contribution < -0.4 is 14.9 Å². The molecule has 1 amide bonds. The zero-order valence-corrected chi connectivity index (χ0v) is 21.4. The van der Waals surface area contributed by atoms with Crippen molar-refractivity contribution in [2.75, 3.05) is 12.4 Å². The normalized spacial score (nSPS) is 11.0. The SMILES string of the molecule is CCOc1cc(/C=N\NC(=O)CSc2nc(C)cc(C)n2)c(Br)cc1OCc1ccc(F)cc1. The molecule has 3 rings (SSSR count). The van der Waals surface area contributed by atoms with Gasteiger partial charge in [-0.2, -0.15) is 5.10 Å². The van der Waals surface area contributed by atoms with Crippen molar-refractivity contribution in [3.05, 3.63) is 75.3 Å². The predicted octanol–water partition coefficient (Wildman–Crippen LogP) is 5.22. The maximum atomic E-state index is 13.1. The van der Waals surface area contributed by atoms with Crippen molar-refractivity contribution in [1.82, 2.24) is 15.4 Å². The quantitative estimate of drug-likeness (QED) is 0.162. The standard InChI is InChI=1S/C24H24BrFN4O3S/c1-4-32-21-10-18(20(25)11-22(21)33-13-17-5-7-19(26)8-6-17)12-27-30-23(31)14-34-24-28-15(2)9-16(3)29-24/h5-12H,4,13-14H2,1-3H3,(H,30,31)/b27-12-. The van der Waals surface area contributed by atoms with Crippen molar-refractivity contribution in [2.24, 2.45) is 5.10 Å². The molecule has 0 spiro atoms. The van der Waals surface area contributed by atoms with Gasteiger partial charge in [0.2, 0.25) is 0 Å². The molecule has 1 aromatic heterocycles. The van der Waals surface area contributed by atoms with E-state index in [9.17, 15) is 9.18 Å². The molecule has 0 saturated carbocycles. The number of aromatic nitrogens is 2. The molecule has 2 aromatic carbocycles. The van der Waals surface area contributed by atoms with Crippen LogP contribution in [0.25, 0.3) is 0 Å². The van der Waals surface area contributed by atoms with Crippen molar-refractivity contribution < 1.29 is 18.7 Å². The lowest BCUT2D eigenvalue weighted by Crippen LogP contribution is -2.20. The largest absolute Gasteiger partial charge is 0.490 e. The Kier molecular flexibility index (Phi) is 9.41. The second-order valence-electron chi connectivity index (χ2n) is 7.18. The lowest BCUT2D eigenvalue weighted by molar-refractivity contribution is -0.118. The van der Waals surface area contributed by atoms with Gasteiger partial charge in [0.05, 0.1) is 18.6 Å². The number of ether oxygens (including phenoxy) is 2. The fourth-order valence-electron chi connectivity index (χ4n) is 2.87. The molecule has 3 aromatic rings. The molecular formula is C24H24BrFN4O3S. The van der Waals surface area contributed by atoms with Crippen LogP contribution in [-0.2, 0) is 11.4 Å². The molecular weight excluding hydrogens is 523 g/mol. The molecule has 0 aliphatic rings. The zero-order valence-electron chi connectivity index (χ0n) is 19.0. The number of hydrazone groups is 1. The van der Waals surface area contributed by atoms with Gasteiger partial charge in [0.25, 0.3) is 5.91 Å². The van der Waals surface area contributed by atoms with Crippen LogP contribution >= 0.6 is 27.7 Å². The molecule has 1 heterocycles. The van der Waals surface area contributed by atoms with Gasteiger partial charge >= 0.3 is 0 Å². The number of nitrogens with zero attached hydrogens (tertiary/aromatic N) is 3. The zero-order chi connectivity index (χ0) is 24.5. The molecule has 34 heavy (non-hydrogen) atoms. The van der Waals surface area contributed by atoms with Crippen molar-refractivity contribution in [3.63, 3.8) is 0 Å². The molecule has 0 aliphatic heterocycles. The number of hydrogen-bond acceptors (Lipinski definition) is 7. The van der Waals surface area contributed by atoms with Gasteiger partial charge < -0.3 is 9.47 Å². The van der Waals surface area contributed by atoms with Gasteiger partial charge in [-0.15, -0.1) is 0 Å². The number of thioether (sulfide) groups is 1. The summed E-state index contributed by atoms with van der Waals surface area (Å²) in [5, 5.41) is 4.59. The number of halogens is 2. The fourth-order valence-corrected chi connectivity index (χ4v) is 4.03. The first-order valence-corrected chi connectivity index (χ1v) is 12.2. The second kappa shape index (κ2) is 12.5. The van der Waals surface area contributed by atoms with Crippen LogP contribution in [-0.4, -0.2) is 34.4 Å². The average molecular weight is 547 g/mol. The van der Waals surface area contributed by atoms with E-state index in [0.717, 1.165) is 17.0 Å². The number of aryl methyl sites for hydroxylation is 2. The van der Waals surface area contributed by atoms with Gasteiger partial charge in [-0.25, -0.2) is 19.8 Å². The third kappa shape index (κ3) is 7.81. The van der Waals surface area contributed by atoms with E-state index in [2.05, 4.69) is 36.4 Å². The average Bonchev–Trinajstić information content (AvgIpc) is 2.79. The van der Waals surface area contributed by atoms with Crippen molar-refractivity contribution in [3.8, 4) is 11.5 Å². The molecule has 7 nitrogen and oxygen atoms in total. The van der Waals surface area contributed by atoms with Gasteiger partial charge in [0, 0.05) is 21.4 Å². The molecule has 10 heteroatoms. The summed E-state index contributed by atoms with van der Waals surface area (Å²) in [7, 11) is 0. The summed E-state index contributed by atoms with van der Waals surface area (Å²) in [6.07, 6.45) is 1.52. The number of amides is 1. The summed E-state index contributed by atoms with van der Waals surface area (Å²) in [6, 6.07) is 11.5. The second-order valence-corrected chi connectivity index (χ2v) is 8.98. The Morgan fingerprint density at radius 3 is 2.47 bits per heavy atom. The predicted molar refractivity (Wildman–Crippen MR) is 134 cm³/mol. The van der Waals surface area contributed by atoms with Crippen LogP contribution in [0.5, 0.6) is 11.5 Å². The van der Waals surface area contributed by atoms with Gasteiger partial charge in [0.15, 0.2) is 16.7 Å². The number of carbonyl (C=O) groups excluding carboxylic acids is 1. The number of hydrogen-bond donors (Lipinski definition) is 1. The Labute approximate surface area is 210 Å². The van der Waals surface area contributed by atoms with Crippen LogP contribution in [0.1, 0.15) is 29.4 Å². The highest BCUT2D eigenvalue weighted by Crippen LogP contribution is 2.34. The highest BCUT2D eigenvalue weighted by atomic mass is 79.9. The van der Waals surface area contributed by atoms with Gasteiger partial charge in [-0.3, -0.25) is 4.79 Å². The first kappa shape index (κ1) is 25.6. The molecule has 0 radical (unpaired) electrons. The van der Waals surface area contributed by atoms with E-state index in [1.54, 1.807) is 24.3 Å². The Bertz CT molecular complexity index is 1160. The van der Waals surface area contributed by atoms with E-state index in [4.69, 9.17) is 9.47 Å². The van der Waals surface area contributed by atoms with E-state index in [-0.39, 0.29) is 24.1 Å². The monoisotopic (exact) mass is 546 g/mol. The lowest BCUT2D eigenvalue weighted by Gasteiger charge is -2.14. The van der Waals surface area contributed by atoms with Crippen LogP contribution in [0.2, 0.25) is 0 Å². The summed E-state index contributed by atoms with van der Waals surface area (Å²) in [6.45, 7) is 6.35. The number of nitrogens with one attached hydrogen (secondary N) is 1. The highest BCUT2D eigenvalue weighted by Gasteiger charge is 2.11. The maximum absolute atomic E-state index is 13.1. The van der Waals surface area contributed by atoms with Gasteiger partial charge in [-0.1, -0.05) is 23.9 Å². The Morgan fingerprint density at radius 2 is 1.79 bits per heavy atom. The van der Waals surface area contributed by atoms with E-state index in [1.807, 2.05) is 26.8 Å². The van der Waals surface area contributed by atoms with Crippen LogP contribution in [0.4, 0.5) is 4.39 Å². The Morgan fingerprint density at radius 1 is 1.12 bits per heavy atom. The summed E-state index contributed by atoms with van der Waals surface area (Å²) >= 11 is 4.75. The molecule has 0 bridgehead atoms. The van der Waals surface area contributed by atoms with Gasteiger partial charge in [-0.05, 0) is 72.6 Å². The van der Waals surface area contributed by atoms with Crippen molar-refractivity contribution in [1.29, 1.82) is 0 Å². The molecule has 0 aliphatic carbocycles. The maximum Gasteiger partial charge on any atom is 0.250 e. The van der Waals surface area contributed by atoms with Crippen molar-refractivity contribution >= 4 is 39.8 Å². The molecule has 178 valence electrons. The van der Waals surface area contributed by atoms with Crippen LogP contribution in [0.3, 0.4) is 0 Å². The Balaban J connectivity index is 1.61. The minimum Gasteiger partial charge on any atom is -0.490 e. The summed E-state index contributed by atoms with van der Waals surface area (Å²) in [5.74, 6) is 0.632. The Hall–Kier alpha value is -2.98. The fraction of sp³-hybridized carbons (Fsp3) is 0.250. The third-order valence-corrected chi connectivity index (χ3v) is 5.89. The van der Waals surface area contributed by atoms with E-state index >= 15 is 0 Å². The summed E-state index contributed by atoms with van der Waals surface area (Å²) in [4.78, 5) is 20.8. The molecule has 0 atom stereocenters. The first-order chi connectivity index (χ1) is 16.3. The highest BCUT2D eigenvalue weighted by molar-refractivity contribution is 9.10. The van der Waals surface area contributed by atoms with E-state index < -0.39 is 0 Å². The summed E-state index contributed by atoms with van der Waals surface area (Å²) in [5.41, 5.74) is 5.74. The minimum atomic E-state index is -0.297. The summed E-state index contributed by atoms with van der Waals surface area (Å²) < 4.78 is 25.4.